The monoisotopic (exact) mass is 267 g/mol. The second kappa shape index (κ2) is 5.31. The van der Waals surface area contributed by atoms with Crippen LogP contribution in [0.3, 0.4) is 0 Å². The number of hydrogen-bond donors (Lipinski definition) is 2. The van der Waals surface area contributed by atoms with Crippen molar-refractivity contribution in [2.45, 2.75) is 31.7 Å². The van der Waals surface area contributed by atoms with Gasteiger partial charge in [-0.05, 0) is 6.92 Å². The van der Waals surface area contributed by atoms with E-state index >= 15 is 0 Å². The predicted octanol–water partition coefficient (Wildman–Crippen LogP) is -1.17. The summed E-state index contributed by atoms with van der Waals surface area (Å²) in [4.78, 5) is 39.0. The van der Waals surface area contributed by atoms with Crippen molar-refractivity contribution in [3.8, 4) is 0 Å². The second-order valence-electron chi connectivity index (χ2n) is 4.31. The minimum absolute atomic E-state index is 0.256. The largest absolute Gasteiger partial charge is 0.394 e. The summed E-state index contributed by atoms with van der Waals surface area (Å²) in [6.45, 7) is 1.25. The van der Waals surface area contributed by atoms with Crippen molar-refractivity contribution in [3.63, 3.8) is 0 Å². The number of aromatic nitrogens is 2. The highest BCUT2D eigenvalue weighted by molar-refractivity contribution is 5.34. The molecule has 1 aliphatic rings. The maximum absolute atomic E-state index is 11.7. The fourth-order valence-corrected chi connectivity index (χ4v) is 2.05. The van der Waals surface area contributed by atoms with Gasteiger partial charge in [0.25, 0.3) is 5.56 Å². The van der Waals surface area contributed by atoms with Crippen LogP contribution in [-0.4, -0.2) is 39.5 Å². The molecule has 3 atom stereocenters. The zero-order chi connectivity index (χ0) is 14.0. The number of aliphatic imine (C=N–C) groups is 1. The molecule has 0 radical (unpaired) electrons. The van der Waals surface area contributed by atoms with E-state index in [2.05, 4.69) is 9.98 Å². The number of aromatic amines is 1. The number of aryl methyl sites for hydroxylation is 1. The maximum atomic E-state index is 11.7. The first-order chi connectivity index (χ1) is 9.06. The fraction of sp³-hybridized carbons (Fsp3) is 0.545. The molecule has 2 rings (SSSR count). The summed E-state index contributed by atoms with van der Waals surface area (Å²) in [5.74, 6) is 0. The van der Waals surface area contributed by atoms with Crippen molar-refractivity contribution in [1.29, 1.82) is 0 Å². The summed E-state index contributed by atoms with van der Waals surface area (Å²) in [5.41, 5.74) is -0.695. The van der Waals surface area contributed by atoms with Crippen LogP contribution in [0, 0.1) is 6.92 Å². The Balaban J connectivity index is 2.34. The molecular formula is C11H13N3O5. The van der Waals surface area contributed by atoms with Crippen molar-refractivity contribution < 1.29 is 14.6 Å². The number of aliphatic hydroxyl groups is 1. The quantitative estimate of drug-likeness (QED) is 0.529. The number of rotatable bonds is 3. The highest BCUT2D eigenvalue weighted by Gasteiger charge is 2.36. The molecule has 0 spiro atoms. The number of ether oxygens (including phenoxy) is 1. The van der Waals surface area contributed by atoms with Gasteiger partial charge in [0.15, 0.2) is 0 Å². The Bertz CT molecular complexity index is 628. The van der Waals surface area contributed by atoms with Gasteiger partial charge >= 0.3 is 5.69 Å². The van der Waals surface area contributed by atoms with Crippen LogP contribution >= 0.6 is 0 Å². The third kappa shape index (κ3) is 2.55. The van der Waals surface area contributed by atoms with Crippen LogP contribution in [0.5, 0.6) is 0 Å². The molecule has 1 aliphatic heterocycles. The number of nitrogens with one attached hydrogen (secondary N) is 1. The van der Waals surface area contributed by atoms with E-state index in [1.807, 2.05) is 0 Å². The number of hydrogen-bond acceptors (Lipinski definition) is 6. The van der Waals surface area contributed by atoms with Crippen LogP contribution in [-0.2, 0) is 9.53 Å². The van der Waals surface area contributed by atoms with Gasteiger partial charge in [0.1, 0.15) is 12.3 Å². The van der Waals surface area contributed by atoms with Crippen LogP contribution < -0.4 is 11.2 Å². The standard InChI is InChI=1S/C11H13N3O5/c1-6-3-14(11(18)13-10(6)17)9-2-7(12-5-16)8(4-15)19-9/h3,7-9,15H,2,4H2,1H3,(H,13,17,18)/t7-,8+,9+/m0/s1. The van der Waals surface area contributed by atoms with Gasteiger partial charge < -0.3 is 9.84 Å². The van der Waals surface area contributed by atoms with Crippen LogP contribution in [0.1, 0.15) is 18.2 Å². The van der Waals surface area contributed by atoms with Gasteiger partial charge in [0.2, 0.25) is 6.08 Å². The Morgan fingerprint density at radius 1 is 1.63 bits per heavy atom. The summed E-state index contributed by atoms with van der Waals surface area (Å²) in [7, 11) is 0. The summed E-state index contributed by atoms with van der Waals surface area (Å²) in [6.07, 6.45) is 1.72. The summed E-state index contributed by atoms with van der Waals surface area (Å²) < 4.78 is 6.68. The highest BCUT2D eigenvalue weighted by atomic mass is 16.5. The van der Waals surface area contributed by atoms with Gasteiger partial charge in [0.05, 0.1) is 12.6 Å². The molecule has 0 saturated carbocycles. The molecule has 102 valence electrons. The van der Waals surface area contributed by atoms with Gasteiger partial charge in [-0.2, -0.15) is 4.99 Å². The van der Waals surface area contributed by atoms with Crippen molar-refractivity contribution in [1.82, 2.24) is 9.55 Å². The van der Waals surface area contributed by atoms with Gasteiger partial charge in [-0.25, -0.2) is 9.59 Å². The molecule has 1 fully saturated rings. The first-order valence-corrected chi connectivity index (χ1v) is 5.72. The Kier molecular flexibility index (Phi) is 3.75. The van der Waals surface area contributed by atoms with E-state index < -0.39 is 29.6 Å². The van der Waals surface area contributed by atoms with E-state index in [-0.39, 0.29) is 13.0 Å². The number of nitrogens with zero attached hydrogens (tertiary/aromatic N) is 2. The zero-order valence-electron chi connectivity index (χ0n) is 10.2. The van der Waals surface area contributed by atoms with E-state index in [0.717, 1.165) is 0 Å². The average molecular weight is 267 g/mol. The Morgan fingerprint density at radius 2 is 2.37 bits per heavy atom. The lowest BCUT2D eigenvalue weighted by molar-refractivity contribution is -0.0270. The Labute approximate surface area is 107 Å². The molecule has 0 aliphatic carbocycles. The van der Waals surface area contributed by atoms with Crippen LogP contribution in [0.4, 0.5) is 0 Å². The van der Waals surface area contributed by atoms with Gasteiger partial charge in [-0.1, -0.05) is 0 Å². The molecule has 1 aromatic rings. The number of H-pyrrole nitrogens is 1. The molecule has 19 heavy (non-hydrogen) atoms. The molecule has 0 bridgehead atoms. The molecule has 2 N–H and O–H groups in total. The zero-order valence-corrected chi connectivity index (χ0v) is 10.2. The number of carbonyl (C=O) groups excluding carboxylic acids is 1. The lowest BCUT2D eigenvalue weighted by atomic mass is 10.1. The van der Waals surface area contributed by atoms with Gasteiger partial charge in [-0.3, -0.25) is 14.3 Å². The minimum Gasteiger partial charge on any atom is -0.394 e. The highest BCUT2D eigenvalue weighted by Crippen LogP contribution is 2.29. The fourth-order valence-electron chi connectivity index (χ4n) is 2.05. The normalized spacial score (nSPS) is 26.1. The number of aliphatic hydroxyl groups excluding tert-OH is 1. The smallest absolute Gasteiger partial charge is 0.330 e. The molecule has 1 saturated heterocycles. The summed E-state index contributed by atoms with van der Waals surface area (Å²) >= 11 is 0. The maximum Gasteiger partial charge on any atom is 0.330 e. The minimum atomic E-state index is -0.678. The van der Waals surface area contributed by atoms with E-state index in [9.17, 15) is 14.4 Å². The SMILES string of the molecule is Cc1cn([C@H]2C[C@H](N=C=O)[C@@H](CO)O2)c(=O)[nH]c1=O. The van der Waals surface area contributed by atoms with Crippen LogP contribution in [0.25, 0.3) is 0 Å². The molecule has 2 heterocycles. The predicted molar refractivity (Wildman–Crippen MR) is 63.6 cm³/mol. The first kappa shape index (κ1) is 13.4. The summed E-state index contributed by atoms with van der Waals surface area (Å²) in [6, 6.07) is -0.549. The van der Waals surface area contributed by atoms with E-state index in [1.54, 1.807) is 6.92 Å². The molecule has 1 aromatic heterocycles. The molecule has 0 amide bonds. The van der Waals surface area contributed by atoms with E-state index in [0.29, 0.717) is 5.56 Å². The van der Waals surface area contributed by atoms with E-state index in [1.165, 1.54) is 16.8 Å². The van der Waals surface area contributed by atoms with Crippen molar-refractivity contribution in [2.75, 3.05) is 6.61 Å². The molecule has 0 unspecified atom stereocenters. The second-order valence-corrected chi connectivity index (χ2v) is 4.31. The number of isocyanates is 1. The van der Waals surface area contributed by atoms with Crippen molar-refractivity contribution in [3.05, 3.63) is 32.6 Å². The van der Waals surface area contributed by atoms with Crippen LogP contribution in [0.2, 0.25) is 0 Å². The molecule has 8 heteroatoms. The topological polar surface area (TPSA) is 114 Å². The van der Waals surface area contributed by atoms with E-state index in [4.69, 9.17) is 9.84 Å². The third-order valence-corrected chi connectivity index (χ3v) is 3.06. The molecular weight excluding hydrogens is 254 g/mol. The van der Waals surface area contributed by atoms with Crippen LogP contribution in [0.15, 0.2) is 20.8 Å². The van der Waals surface area contributed by atoms with Crippen molar-refractivity contribution in [2.24, 2.45) is 4.99 Å². The van der Waals surface area contributed by atoms with Gasteiger partial charge in [-0.15, -0.1) is 0 Å². The van der Waals surface area contributed by atoms with Gasteiger partial charge in [0, 0.05) is 18.2 Å². The average Bonchev–Trinajstić information content (AvgIpc) is 2.77. The Morgan fingerprint density at radius 3 is 3.00 bits per heavy atom. The van der Waals surface area contributed by atoms with Crippen molar-refractivity contribution >= 4 is 6.08 Å². The molecule has 8 nitrogen and oxygen atoms in total. The Hall–Kier alpha value is -2.02. The molecule has 0 aromatic carbocycles. The summed E-state index contributed by atoms with van der Waals surface area (Å²) in [5, 5.41) is 9.14. The third-order valence-electron chi connectivity index (χ3n) is 3.06. The first-order valence-electron chi connectivity index (χ1n) is 5.72. The lowest BCUT2D eigenvalue weighted by Gasteiger charge is -2.14. The lowest BCUT2D eigenvalue weighted by Crippen LogP contribution is -2.33.